The van der Waals surface area contributed by atoms with Gasteiger partial charge >= 0.3 is 6.18 Å². The molecule has 0 spiro atoms. The van der Waals surface area contributed by atoms with Crippen molar-refractivity contribution >= 4 is 16.8 Å². The third-order valence-electron chi connectivity index (χ3n) is 5.93. The second-order valence-electron chi connectivity index (χ2n) is 8.07. The molecule has 1 aliphatic rings. The number of pyridine rings is 2. The number of likely N-dealkylation sites (tertiary alicyclic amines) is 1. The second-order valence-corrected chi connectivity index (χ2v) is 8.07. The lowest BCUT2D eigenvalue weighted by molar-refractivity contribution is -0.137. The normalized spacial score (nSPS) is 16.3. The smallest absolute Gasteiger partial charge is 0.329 e. The summed E-state index contributed by atoms with van der Waals surface area (Å²) in [6, 6.07) is 21.4. The molecule has 33 heavy (non-hydrogen) atoms. The Bertz CT molecular complexity index is 1340. The Balaban J connectivity index is 1.45. The highest BCUT2D eigenvalue weighted by atomic mass is 19.4. The van der Waals surface area contributed by atoms with Gasteiger partial charge in [0.25, 0.3) is 5.91 Å². The first-order chi connectivity index (χ1) is 15.9. The van der Waals surface area contributed by atoms with Crippen LogP contribution >= 0.6 is 0 Å². The molecule has 3 heterocycles. The van der Waals surface area contributed by atoms with Crippen molar-refractivity contribution in [1.82, 2.24) is 14.9 Å². The fourth-order valence-corrected chi connectivity index (χ4v) is 4.30. The molecule has 0 aliphatic carbocycles. The zero-order valence-corrected chi connectivity index (χ0v) is 17.6. The predicted molar refractivity (Wildman–Crippen MR) is 119 cm³/mol. The molecule has 4 aromatic rings. The van der Waals surface area contributed by atoms with Crippen molar-refractivity contribution in [2.75, 3.05) is 6.54 Å². The lowest BCUT2D eigenvalue weighted by Gasteiger charge is -2.24. The summed E-state index contributed by atoms with van der Waals surface area (Å²) in [5, 5.41) is 0.961. The van der Waals surface area contributed by atoms with Gasteiger partial charge in [-0.1, -0.05) is 42.5 Å². The van der Waals surface area contributed by atoms with E-state index in [1.54, 1.807) is 29.2 Å². The zero-order valence-electron chi connectivity index (χ0n) is 17.6. The summed E-state index contributed by atoms with van der Waals surface area (Å²) < 4.78 is 39.4. The van der Waals surface area contributed by atoms with E-state index in [9.17, 15) is 18.0 Å². The van der Waals surface area contributed by atoms with Gasteiger partial charge in [0, 0.05) is 17.5 Å². The first-order valence-corrected chi connectivity index (χ1v) is 10.7. The predicted octanol–water partition coefficient (Wildman–Crippen LogP) is 6.29. The SMILES string of the molecule is O=C(c1ccc2ccccc2n1)N1CCCC1c1cccc(-c2cccc(C(F)(F)F)c2)n1. The molecule has 1 atom stereocenters. The first-order valence-electron chi connectivity index (χ1n) is 10.7. The fourth-order valence-electron chi connectivity index (χ4n) is 4.30. The molecular formula is C26H20F3N3O. The summed E-state index contributed by atoms with van der Waals surface area (Å²) in [6.45, 7) is 0.577. The van der Waals surface area contributed by atoms with Crippen LogP contribution in [0.2, 0.25) is 0 Å². The van der Waals surface area contributed by atoms with Crippen LogP contribution in [0, 0.1) is 0 Å². The number of fused-ring (bicyclic) bond motifs is 1. The van der Waals surface area contributed by atoms with Gasteiger partial charge < -0.3 is 4.90 Å². The average Bonchev–Trinajstić information content (AvgIpc) is 3.33. The lowest BCUT2D eigenvalue weighted by Crippen LogP contribution is -2.31. The highest BCUT2D eigenvalue weighted by Gasteiger charge is 2.33. The molecule has 1 aliphatic heterocycles. The molecule has 1 saturated heterocycles. The van der Waals surface area contributed by atoms with Gasteiger partial charge in [0.15, 0.2) is 0 Å². The van der Waals surface area contributed by atoms with Gasteiger partial charge in [0.05, 0.1) is 28.5 Å². The maximum Gasteiger partial charge on any atom is 0.416 e. The summed E-state index contributed by atoms with van der Waals surface area (Å²) in [7, 11) is 0. The Morgan fingerprint density at radius 1 is 0.909 bits per heavy atom. The lowest BCUT2D eigenvalue weighted by atomic mass is 10.0. The van der Waals surface area contributed by atoms with E-state index in [-0.39, 0.29) is 11.9 Å². The van der Waals surface area contributed by atoms with Crippen molar-refractivity contribution in [2.45, 2.75) is 25.1 Å². The van der Waals surface area contributed by atoms with E-state index in [0.717, 1.165) is 35.9 Å². The van der Waals surface area contributed by atoms with E-state index in [1.807, 2.05) is 36.4 Å². The molecule has 1 fully saturated rings. The molecule has 1 amide bonds. The fraction of sp³-hybridized carbons (Fsp3) is 0.192. The molecule has 0 radical (unpaired) electrons. The van der Waals surface area contributed by atoms with Gasteiger partial charge in [0.2, 0.25) is 0 Å². The van der Waals surface area contributed by atoms with Crippen molar-refractivity contribution in [3.05, 3.63) is 95.8 Å². The summed E-state index contributed by atoms with van der Waals surface area (Å²) in [5.41, 5.74) is 1.91. The maximum absolute atomic E-state index is 13.3. The molecule has 5 rings (SSSR count). The standard InChI is InChI=1S/C26H20F3N3O/c27-26(28,29)19-8-3-7-18(16-19)21-10-4-11-22(30-21)24-12-5-15-32(24)25(33)23-14-13-17-6-1-2-9-20(17)31-23/h1-4,6-11,13-14,16,24H,5,12,15H2. The van der Waals surface area contributed by atoms with Crippen LogP contribution in [0.3, 0.4) is 0 Å². The molecule has 166 valence electrons. The third kappa shape index (κ3) is 4.18. The number of hydrogen-bond donors (Lipinski definition) is 0. The van der Waals surface area contributed by atoms with E-state index >= 15 is 0 Å². The van der Waals surface area contributed by atoms with Crippen molar-refractivity contribution < 1.29 is 18.0 Å². The Morgan fingerprint density at radius 2 is 1.73 bits per heavy atom. The number of rotatable bonds is 3. The molecule has 0 saturated carbocycles. The summed E-state index contributed by atoms with van der Waals surface area (Å²) in [5.74, 6) is -0.172. The quantitative estimate of drug-likeness (QED) is 0.371. The van der Waals surface area contributed by atoms with Gasteiger partial charge in [-0.15, -0.1) is 0 Å². The van der Waals surface area contributed by atoms with Crippen LogP contribution in [0.1, 0.15) is 40.6 Å². The number of halogens is 3. The molecule has 4 nitrogen and oxygen atoms in total. The van der Waals surface area contributed by atoms with Gasteiger partial charge in [0.1, 0.15) is 5.69 Å². The summed E-state index contributed by atoms with van der Waals surface area (Å²) in [6.07, 6.45) is -2.87. The molecule has 2 aromatic heterocycles. The largest absolute Gasteiger partial charge is 0.416 e. The zero-order chi connectivity index (χ0) is 23.0. The number of hydrogen-bond acceptors (Lipinski definition) is 3. The van der Waals surface area contributed by atoms with Crippen LogP contribution in [0.5, 0.6) is 0 Å². The molecule has 2 aromatic carbocycles. The number of alkyl halides is 3. The van der Waals surface area contributed by atoms with E-state index in [2.05, 4.69) is 9.97 Å². The van der Waals surface area contributed by atoms with E-state index in [1.165, 1.54) is 6.07 Å². The first kappa shape index (κ1) is 21.1. The van der Waals surface area contributed by atoms with E-state index in [0.29, 0.717) is 29.2 Å². The third-order valence-corrected chi connectivity index (χ3v) is 5.93. The average molecular weight is 447 g/mol. The molecule has 0 bridgehead atoms. The molecular weight excluding hydrogens is 427 g/mol. The van der Waals surface area contributed by atoms with Crippen LogP contribution in [-0.4, -0.2) is 27.3 Å². The topological polar surface area (TPSA) is 46.1 Å². The van der Waals surface area contributed by atoms with E-state index < -0.39 is 11.7 Å². The Labute approximate surface area is 188 Å². The molecule has 7 heteroatoms. The van der Waals surface area contributed by atoms with Gasteiger partial charge in [-0.2, -0.15) is 13.2 Å². The number of carbonyl (C=O) groups is 1. The number of carbonyl (C=O) groups excluding carboxylic acids is 1. The number of aromatic nitrogens is 2. The van der Waals surface area contributed by atoms with Gasteiger partial charge in [-0.25, -0.2) is 4.98 Å². The van der Waals surface area contributed by atoms with Crippen LogP contribution in [0.4, 0.5) is 13.2 Å². The molecule has 0 N–H and O–H groups in total. The van der Waals surface area contributed by atoms with Crippen molar-refractivity contribution in [3.8, 4) is 11.3 Å². The van der Waals surface area contributed by atoms with E-state index in [4.69, 9.17) is 0 Å². The number of amides is 1. The monoisotopic (exact) mass is 447 g/mol. The van der Waals surface area contributed by atoms with Crippen molar-refractivity contribution in [2.24, 2.45) is 0 Å². The number of para-hydroxylation sites is 1. The minimum Gasteiger partial charge on any atom is -0.329 e. The number of benzene rings is 2. The highest BCUT2D eigenvalue weighted by molar-refractivity contribution is 5.95. The van der Waals surface area contributed by atoms with Crippen LogP contribution in [-0.2, 0) is 6.18 Å². The van der Waals surface area contributed by atoms with Gasteiger partial charge in [-0.05, 0) is 49.2 Å². The van der Waals surface area contributed by atoms with Gasteiger partial charge in [-0.3, -0.25) is 9.78 Å². The highest BCUT2D eigenvalue weighted by Crippen LogP contribution is 2.35. The summed E-state index contributed by atoms with van der Waals surface area (Å²) in [4.78, 5) is 24.2. The Kier molecular flexibility index (Phi) is 5.32. The minimum absolute atomic E-state index is 0.172. The van der Waals surface area contributed by atoms with Crippen LogP contribution in [0.25, 0.3) is 22.2 Å². The van der Waals surface area contributed by atoms with Crippen molar-refractivity contribution in [1.29, 1.82) is 0 Å². The second kappa shape index (κ2) is 8.31. The van der Waals surface area contributed by atoms with Crippen LogP contribution in [0.15, 0.2) is 78.9 Å². The Morgan fingerprint density at radius 3 is 2.58 bits per heavy atom. The number of nitrogens with zero attached hydrogens (tertiary/aromatic N) is 3. The summed E-state index contributed by atoms with van der Waals surface area (Å²) >= 11 is 0. The minimum atomic E-state index is -4.42. The Hall–Kier alpha value is -3.74. The maximum atomic E-state index is 13.3. The van der Waals surface area contributed by atoms with Crippen LogP contribution < -0.4 is 0 Å². The molecule has 1 unspecified atom stereocenters. The van der Waals surface area contributed by atoms with Crippen molar-refractivity contribution in [3.63, 3.8) is 0 Å².